The lowest BCUT2D eigenvalue weighted by Gasteiger charge is -2.22. The molecular formula is C14H23N3O5. The number of hydrogen-bond donors (Lipinski definition) is 3. The van der Waals surface area contributed by atoms with Crippen LogP contribution in [0.3, 0.4) is 0 Å². The Bertz CT molecular complexity index is 419. The maximum absolute atomic E-state index is 11.6. The first-order valence-electron chi connectivity index (χ1n) is 7.48. The zero-order chi connectivity index (χ0) is 16.4. The Morgan fingerprint density at radius 3 is 2.41 bits per heavy atom. The van der Waals surface area contributed by atoms with Gasteiger partial charge in [0.1, 0.15) is 0 Å². The van der Waals surface area contributed by atoms with E-state index >= 15 is 0 Å². The average molecular weight is 313 g/mol. The fourth-order valence-electron chi connectivity index (χ4n) is 2.19. The van der Waals surface area contributed by atoms with Crippen LogP contribution in [0.25, 0.3) is 0 Å². The summed E-state index contributed by atoms with van der Waals surface area (Å²) >= 11 is 0. The van der Waals surface area contributed by atoms with Crippen molar-refractivity contribution in [2.24, 2.45) is 0 Å². The number of carbonyl (C=O) groups excluding carboxylic acids is 4. The summed E-state index contributed by atoms with van der Waals surface area (Å²) in [6.07, 6.45) is 5.13. The van der Waals surface area contributed by atoms with Crippen molar-refractivity contribution in [2.45, 2.75) is 51.5 Å². The monoisotopic (exact) mass is 313 g/mol. The summed E-state index contributed by atoms with van der Waals surface area (Å²) in [7, 11) is 0. The minimum Gasteiger partial charge on any atom is -0.456 e. The van der Waals surface area contributed by atoms with Crippen molar-refractivity contribution in [3.05, 3.63) is 0 Å². The molecule has 0 heterocycles. The third-order valence-electron chi connectivity index (χ3n) is 3.26. The van der Waals surface area contributed by atoms with Crippen LogP contribution >= 0.6 is 0 Å². The molecule has 0 aromatic heterocycles. The topological polar surface area (TPSA) is 114 Å². The quantitative estimate of drug-likeness (QED) is 0.607. The van der Waals surface area contributed by atoms with Crippen LogP contribution in [0.15, 0.2) is 0 Å². The van der Waals surface area contributed by atoms with Crippen molar-refractivity contribution < 1.29 is 23.9 Å². The molecule has 4 amide bonds. The van der Waals surface area contributed by atoms with Gasteiger partial charge < -0.3 is 15.4 Å². The van der Waals surface area contributed by atoms with Gasteiger partial charge in [0.25, 0.3) is 5.91 Å². The number of urea groups is 1. The zero-order valence-corrected chi connectivity index (χ0v) is 12.8. The van der Waals surface area contributed by atoms with E-state index in [4.69, 9.17) is 4.74 Å². The van der Waals surface area contributed by atoms with Gasteiger partial charge in [0.2, 0.25) is 5.91 Å². The van der Waals surface area contributed by atoms with Crippen LogP contribution in [0, 0.1) is 0 Å². The summed E-state index contributed by atoms with van der Waals surface area (Å²) in [5.74, 6) is -1.54. The Hall–Kier alpha value is -2.12. The van der Waals surface area contributed by atoms with E-state index in [9.17, 15) is 19.2 Å². The van der Waals surface area contributed by atoms with Crippen molar-refractivity contribution in [3.8, 4) is 0 Å². The summed E-state index contributed by atoms with van der Waals surface area (Å²) in [6, 6.07) is -0.465. The number of ether oxygens (including phenoxy) is 1. The highest BCUT2D eigenvalue weighted by Gasteiger charge is 2.17. The van der Waals surface area contributed by atoms with E-state index in [0.717, 1.165) is 25.7 Å². The predicted octanol–water partition coefficient (Wildman–Crippen LogP) is 0.214. The number of hydrogen-bond acceptors (Lipinski definition) is 5. The molecular weight excluding hydrogens is 290 g/mol. The van der Waals surface area contributed by atoms with Crippen molar-refractivity contribution in [2.75, 3.05) is 13.2 Å². The molecule has 0 aromatic rings. The predicted molar refractivity (Wildman–Crippen MR) is 77.8 cm³/mol. The fraction of sp³-hybridized carbons (Fsp3) is 0.714. The van der Waals surface area contributed by atoms with Crippen molar-refractivity contribution in [1.29, 1.82) is 0 Å². The van der Waals surface area contributed by atoms with Gasteiger partial charge in [-0.05, 0) is 12.8 Å². The second-order valence-corrected chi connectivity index (χ2v) is 5.25. The number of imide groups is 1. The molecule has 1 rings (SSSR count). The maximum atomic E-state index is 11.6. The lowest BCUT2D eigenvalue weighted by Crippen LogP contribution is -2.46. The lowest BCUT2D eigenvalue weighted by atomic mass is 9.96. The first-order valence-corrected chi connectivity index (χ1v) is 7.48. The van der Waals surface area contributed by atoms with E-state index in [-0.39, 0.29) is 24.9 Å². The molecule has 1 saturated carbocycles. The number of carbonyl (C=O) groups is 4. The molecule has 0 saturated heterocycles. The van der Waals surface area contributed by atoms with E-state index in [1.54, 1.807) is 0 Å². The van der Waals surface area contributed by atoms with Crippen LogP contribution in [0.2, 0.25) is 0 Å². The van der Waals surface area contributed by atoms with Crippen molar-refractivity contribution >= 4 is 23.8 Å². The molecule has 3 N–H and O–H groups in total. The lowest BCUT2D eigenvalue weighted by molar-refractivity contribution is -0.148. The van der Waals surface area contributed by atoms with Gasteiger partial charge >= 0.3 is 12.0 Å². The molecule has 22 heavy (non-hydrogen) atoms. The smallest absolute Gasteiger partial charge is 0.321 e. The normalized spacial score (nSPS) is 14.8. The molecule has 124 valence electrons. The van der Waals surface area contributed by atoms with Gasteiger partial charge in [0, 0.05) is 19.5 Å². The summed E-state index contributed by atoms with van der Waals surface area (Å²) in [6.45, 7) is 0.971. The van der Waals surface area contributed by atoms with Gasteiger partial charge in [-0.2, -0.15) is 0 Å². The third-order valence-corrected chi connectivity index (χ3v) is 3.26. The van der Waals surface area contributed by atoms with Gasteiger partial charge in [0.15, 0.2) is 6.61 Å². The molecule has 8 heteroatoms. The highest BCUT2D eigenvalue weighted by Crippen LogP contribution is 2.16. The molecule has 0 atom stereocenters. The first kappa shape index (κ1) is 17.9. The standard InChI is InChI=1S/C14H23N3O5/c1-10(18)15-8-7-13(20)22-9-12(19)17-14(21)16-11-5-3-2-4-6-11/h11H,2-9H2,1H3,(H,15,18)(H2,16,17,19,21). The molecule has 0 aromatic carbocycles. The van der Waals surface area contributed by atoms with Crippen LogP contribution in [-0.2, 0) is 19.1 Å². The van der Waals surface area contributed by atoms with Crippen LogP contribution in [-0.4, -0.2) is 43.0 Å². The number of esters is 1. The molecule has 1 aliphatic carbocycles. The van der Waals surface area contributed by atoms with Crippen LogP contribution in [0.4, 0.5) is 4.79 Å². The number of nitrogens with one attached hydrogen (secondary N) is 3. The Balaban J connectivity index is 2.12. The third kappa shape index (κ3) is 8.23. The molecule has 0 bridgehead atoms. The van der Waals surface area contributed by atoms with Gasteiger partial charge in [-0.25, -0.2) is 4.79 Å². The largest absolute Gasteiger partial charge is 0.456 e. The van der Waals surface area contributed by atoms with Crippen molar-refractivity contribution in [3.63, 3.8) is 0 Å². The van der Waals surface area contributed by atoms with E-state index in [1.165, 1.54) is 13.3 Å². The highest BCUT2D eigenvalue weighted by molar-refractivity contribution is 5.95. The molecule has 0 unspecified atom stereocenters. The first-order chi connectivity index (χ1) is 10.5. The zero-order valence-electron chi connectivity index (χ0n) is 12.8. The molecule has 0 aliphatic heterocycles. The minimum atomic E-state index is -0.679. The van der Waals surface area contributed by atoms with Crippen LogP contribution < -0.4 is 16.0 Å². The summed E-state index contributed by atoms with van der Waals surface area (Å²) in [5.41, 5.74) is 0. The second kappa shape index (κ2) is 9.75. The average Bonchev–Trinajstić information content (AvgIpc) is 2.45. The van der Waals surface area contributed by atoms with E-state index in [1.807, 2.05) is 0 Å². The summed E-state index contributed by atoms with van der Waals surface area (Å²) in [4.78, 5) is 44.9. The van der Waals surface area contributed by atoms with E-state index in [0.29, 0.717) is 0 Å². The Morgan fingerprint density at radius 2 is 1.77 bits per heavy atom. The maximum Gasteiger partial charge on any atom is 0.321 e. The van der Waals surface area contributed by atoms with Gasteiger partial charge in [-0.1, -0.05) is 19.3 Å². The molecule has 0 spiro atoms. The summed E-state index contributed by atoms with van der Waals surface area (Å²) in [5, 5.41) is 7.28. The Kier molecular flexibility index (Phi) is 7.95. The van der Waals surface area contributed by atoms with Gasteiger partial charge in [0.05, 0.1) is 6.42 Å². The molecule has 1 aliphatic rings. The summed E-state index contributed by atoms with van der Waals surface area (Å²) < 4.78 is 4.69. The van der Waals surface area contributed by atoms with Crippen molar-refractivity contribution in [1.82, 2.24) is 16.0 Å². The fourth-order valence-corrected chi connectivity index (χ4v) is 2.19. The number of rotatable bonds is 6. The molecule has 1 fully saturated rings. The Labute approximate surface area is 129 Å². The second-order valence-electron chi connectivity index (χ2n) is 5.25. The Morgan fingerprint density at radius 1 is 1.09 bits per heavy atom. The van der Waals surface area contributed by atoms with Crippen LogP contribution in [0.5, 0.6) is 0 Å². The SMILES string of the molecule is CC(=O)NCCC(=O)OCC(=O)NC(=O)NC1CCCCC1. The van der Waals surface area contributed by atoms with Gasteiger partial charge in [-0.15, -0.1) is 0 Å². The highest BCUT2D eigenvalue weighted by atomic mass is 16.5. The molecule has 8 nitrogen and oxygen atoms in total. The minimum absolute atomic E-state index is 0.0267. The van der Waals surface area contributed by atoms with E-state index < -0.39 is 24.5 Å². The van der Waals surface area contributed by atoms with Gasteiger partial charge in [-0.3, -0.25) is 19.7 Å². The number of amides is 4. The van der Waals surface area contributed by atoms with E-state index in [2.05, 4.69) is 16.0 Å². The molecule has 0 radical (unpaired) electrons. The van der Waals surface area contributed by atoms with Crippen LogP contribution in [0.1, 0.15) is 45.4 Å².